The monoisotopic (exact) mass is 483 g/mol. The number of aromatic amines is 1. The molecule has 7 nitrogen and oxygen atoms in total. The van der Waals surface area contributed by atoms with Crippen LogP contribution < -0.4 is 10.0 Å². The quantitative estimate of drug-likeness (QED) is 0.195. The summed E-state index contributed by atoms with van der Waals surface area (Å²) in [5.41, 5.74) is 2.11. The Bertz CT molecular complexity index is 1460. The molecule has 0 bridgehead atoms. The van der Waals surface area contributed by atoms with Crippen molar-refractivity contribution in [3.63, 3.8) is 0 Å². The predicted molar refractivity (Wildman–Crippen MR) is 128 cm³/mol. The highest BCUT2D eigenvalue weighted by Gasteiger charge is 2.16. The molecule has 1 heterocycles. The van der Waals surface area contributed by atoms with Gasteiger partial charge in [0.1, 0.15) is 0 Å². The number of H-pyrrole nitrogens is 1. The average Bonchev–Trinajstić information content (AvgIpc) is 3.13. The summed E-state index contributed by atoms with van der Waals surface area (Å²) in [6, 6.07) is 19.4. The van der Waals surface area contributed by atoms with Crippen molar-refractivity contribution in [2.24, 2.45) is 0 Å². The van der Waals surface area contributed by atoms with Gasteiger partial charge in [-0.05, 0) is 54.7 Å². The highest BCUT2D eigenvalue weighted by molar-refractivity contribution is 7.92. The Morgan fingerprint density at radius 3 is 2.34 bits per heavy atom. The fraction of sp³-hybridized carbons (Fsp3) is 0.0455. The van der Waals surface area contributed by atoms with E-state index in [1.165, 1.54) is 35.6 Å². The summed E-state index contributed by atoms with van der Waals surface area (Å²) in [5, 5.41) is 2.61. The number of hydrogen-bond donors (Lipinski definition) is 3. The standard InChI is InChI=1S/C22H17N3O4S3/c26-19(14-4-2-1-3-5-14)13-21(27)23-15-6-9-17(10-7-15)32(28,29)25-16-8-11-18-20(12-16)31-22(30)24-18/h1-12,25H,13H2,(H,23,27)(H,24,30). The van der Waals surface area contributed by atoms with Crippen LogP contribution in [0.1, 0.15) is 16.8 Å². The maximum atomic E-state index is 12.7. The van der Waals surface area contributed by atoms with Gasteiger partial charge in [-0.25, -0.2) is 8.42 Å². The number of nitrogens with one attached hydrogen (secondary N) is 3. The average molecular weight is 484 g/mol. The summed E-state index contributed by atoms with van der Waals surface area (Å²) in [4.78, 5) is 27.4. The number of amides is 1. The van der Waals surface area contributed by atoms with E-state index in [1.807, 2.05) is 0 Å². The minimum Gasteiger partial charge on any atom is -0.337 e. The predicted octanol–water partition coefficient (Wildman–Crippen LogP) is 4.97. The minimum absolute atomic E-state index is 0.0395. The van der Waals surface area contributed by atoms with Crippen LogP contribution in [0.5, 0.6) is 0 Å². The maximum absolute atomic E-state index is 12.7. The van der Waals surface area contributed by atoms with Crippen molar-refractivity contribution < 1.29 is 18.0 Å². The van der Waals surface area contributed by atoms with Crippen LogP contribution in [0.4, 0.5) is 11.4 Å². The number of ketones is 1. The molecule has 162 valence electrons. The van der Waals surface area contributed by atoms with Gasteiger partial charge in [0.2, 0.25) is 5.91 Å². The van der Waals surface area contributed by atoms with Crippen molar-refractivity contribution in [1.82, 2.24) is 4.98 Å². The molecule has 4 rings (SSSR count). The summed E-state index contributed by atoms with van der Waals surface area (Å²) in [6.07, 6.45) is -0.305. The van der Waals surface area contributed by atoms with Crippen LogP contribution in [-0.4, -0.2) is 25.1 Å². The molecule has 4 aromatic rings. The molecule has 0 aliphatic carbocycles. The van der Waals surface area contributed by atoms with E-state index in [0.717, 1.165) is 10.2 Å². The maximum Gasteiger partial charge on any atom is 0.261 e. The zero-order valence-electron chi connectivity index (χ0n) is 16.5. The van der Waals surface area contributed by atoms with Crippen molar-refractivity contribution in [2.75, 3.05) is 10.0 Å². The molecule has 0 saturated carbocycles. The largest absolute Gasteiger partial charge is 0.337 e. The topological polar surface area (TPSA) is 108 Å². The molecule has 0 atom stereocenters. The van der Waals surface area contributed by atoms with Crippen LogP contribution in [0, 0.1) is 3.95 Å². The lowest BCUT2D eigenvalue weighted by Crippen LogP contribution is -2.17. The smallest absolute Gasteiger partial charge is 0.261 e. The van der Waals surface area contributed by atoms with Gasteiger partial charge < -0.3 is 10.3 Å². The van der Waals surface area contributed by atoms with E-state index in [2.05, 4.69) is 15.0 Å². The molecule has 32 heavy (non-hydrogen) atoms. The molecule has 0 saturated heterocycles. The van der Waals surface area contributed by atoms with Gasteiger partial charge in [0, 0.05) is 11.3 Å². The number of rotatable bonds is 7. The third kappa shape index (κ3) is 5.10. The normalized spacial score (nSPS) is 11.2. The molecule has 0 radical (unpaired) electrons. The van der Waals surface area contributed by atoms with Crippen LogP contribution in [0.3, 0.4) is 0 Å². The number of Topliss-reactive ketones (excluding diaryl/α,β-unsaturated/α-hetero) is 1. The fourth-order valence-electron chi connectivity index (χ4n) is 3.02. The van der Waals surface area contributed by atoms with Crippen LogP contribution in [0.15, 0.2) is 77.7 Å². The van der Waals surface area contributed by atoms with Crippen molar-refractivity contribution in [3.8, 4) is 0 Å². The first-order chi connectivity index (χ1) is 15.3. The number of benzene rings is 3. The van der Waals surface area contributed by atoms with Crippen molar-refractivity contribution in [2.45, 2.75) is 11.3 Å². The number of hydrogen-bond acceptors (Lipinski definition) is 6. The first kappa shape index (κ1) is 21.9. The lowest BCUT2D eigenvalue weighted by Gasteiger charge is -2.10. The van der Waals surface area contributed by atoms with Gasteiger partial charge in [0.15, 0.2) is 9.74 Å². The number of anilines is 2. The van der Waals surface area contributed by atoms with E-state index < -0.39 is 15.9 Å². The van der Waals surface area contributed by atoms with E-state index >= 15 is 0 Å². The van der Waals surface area contributed by atoms with Gasteiger partial charge in [0.05, 0.1) is 27.2 Å². The summed E-state index contributed by atoms with van der Waals surface area (Å²) in [7, 11) is -3.82. The van der Waals surface area contributed by atoms with Crippen LogP contribution in [0.2, 0.25) is 0 Å². The number of carbonyl (C=O) groups excluding carboxylic acids is 2. The molecule has 0 fully saturated rings. The zero-order chi connectivity index (χ0) is 22.7. The number of carbonyl (C=O) groups is 2. The summed E-state index contributed by atoms with van der Waals surface area (Å²) < 4.78 is 29.4. The number of fused-ring (bicyclic) bond motifs is 1. The second-order valence-electron chi connectivity index (χ2n) is 6.87. The Morgan fingerprint density at radius 2 is 1.62 bits per heavy atom. The molecule has 0 aliphatic rings. The number of sulfonamides is 1. The van der Waals surface area contributed by atoms with Crippen molar-refractivity contribution in [1.29, 1.82) is 0 Å². The van der Waals surface area contributed by atoms with Crippen molar-refractivity contribution in [3.05, 3.63) is 82.3 Å². The van der Waals surface area contributed by atoms with Gasteiger partial charge >= 0.3 is 0 Å². The molecule has 1 amide bonds. The SMILES string of the molecule is O=C(CC(=O)c1ccccc1)Nc1ccc(S(=O)(=O)Nc2ccc3[nH]c(=S)sc3c2)cc1. The molecule has 10 heteroatoms. The highest BCUT2D eigenvalue weighted by Crippen LogP contribution is 2.25. The molecule has 1 aromatic heterocycles. The number of aromatic nitrogens is 1. The molecular formula is C22H17N3O4S3. The van der Waals surface area contributed by atoms with Gasteiger partial charge in [-0.3, -0.25) is 14.3 Å². The Balaban J connectivity index is 1.42. The van der Waals surface area contributed by atoms with E-state index in [0.29, 0.717) is 20.9 Å². The lowest BCUT2D eigenvalue weighted by molar-refractivity contribution is -0.115. The summed E-state index contributed by atoms with van der Waals surface area (Å²) in [5.74, 6) is -0.773. The van der Waals surface area contributed by atoms with Gasteiger partial charge in [0.25, 0.3) is 10.0 Å². The third-order valence-corrected chi connectivity index (χ3v) is 7.13. The van der Waals surface area contributed by atoms with Gasteiger partial charge in [-0.1, -0.05) is 30.3 Å². The first-order valence-electron chi connectivity index (χ1n) is 9.44. The van der Waals surface area contributed by atoms with Crippen LogP contribution in [0.25, 0.3) is 10.2 Å². The molecule has 3 aromatic carbocycles. The molecule has 0 aliphatic heterocycles. The van der Waals surface area contributed by atoms with E-state index in [-0.39, 0.29) is 17.1 Å². The van der Waals surface area contributed by atoms with E-state index in [1.54, 1.807) is 48.5 Å². The second-order valence-corrected chi connectivity index (χ2v) is 10.3. The zero-order valence-corrected chi connectivity index (χ0v) is 18.9. The Hall–Kier alpha value is -3.34. The highest BCUT2D eigenvalue weighted by atomic mass is 32.2. The van der Waals surface area contributed by atoms with Crippen molar-refractivity contribution >= 4 is 66.9 Å². The van der Waals surface area contributed by atoms with Gasteiger partial charge in [-0.2, -0.15) is 0 Å². The molecule has 0 unspecified atom stereocenters. The first-order valence-corrected chi connectivity index (χ1v) is 12.1. The Kier molecular flexibility index (Phi) is 6.17. The molecular weight excluding hydrogens is 466 g/mol. The minimum atomic E-state index is -3.82. The van der Waals surface area contributed by atoms with Crippen LogP contribution in [-0.2, 0) is 14.8 Å². The van der Waals surface area contributed by atoms with Gasteiger partial charge in [-0.15, -0.1) is 11.3 Å². The second kappa shape index (κ2) is 9.03. The summed E-state index contributed by atoms with van der Waals surface area (Å²) >= 11 is 6.47. The Morgan fingerprint density at radius 1 is 0.938 bits per heavy atom. The third-order valence-electron chi connectivity index (χ3n) is 4.54. The van der Waals surface area contributed by atoms with E-state index in [9.17, 15) is 18.0 Å². The lowest BCUT2D eigenvalue weighted by atomic mass is 10.1. The van der Waals surface area contributed by atoms with Crippen LogP contribution >= 0.6 is 23.6 Å². The Labute approximate surface area is 193 Å². The fourth-order valence-corrected chi connectivity index (χ4v) is 5.22. The summed E-state index contributed by atoms with van der Waals surface area (Å²) in [6.45, 7) is 0. The van der Waals surface area contributed by atoms with E-state index in [4.69, 9.17) is 12.2 Å². The molecule has 3 N–H and O–H groups in total. The number of thiazole rings is 1. The molecule has 0 spiro atoms.